The molecule has 0 spiro atoms. The highest BCUT2D eigenvalue weighted by atomic mass is 16.4. The number of anilines is 2. The number of oxazole rings is 1. The number of pyridine rings is 1. The lowest BCUT2D eigenvalue weighted by molar-refractivity contribution is 0.0993. The first-order valence-electron chi connectivity index (χ1n) is 7.74. The van der Waals surface area contributed by atoms with Crippen LogP contribution in [0.4, 0.5) is 11.5 Å². The van der Waals surface area contributed by atoms with Crippen molar-refractivity contribution in [1.29, 1.82) is 0 Å². The molecule has 0 bridgehead atoms. The van der Waals surface area contributed by atoms with Crippen LogP contribution in [0.2, 0.25) is 0 Å². The molecule has 2 aromatic rings. The molecule has 0 aliphatic carbocycles. The predicted molar refractivity (Wildman–Crippen MR) is 87.9 cm³/mol. The van der Waals surface area contributed by atoms with Gasteiger partial charge in [0.15, 0.2) is 5.89 Å². The van der Waals surface area contributed by atoms with Crippen molar-refractivity contribution in [2.45, 2.75) is 18.8 Å². The van der Waals surface area contributed by atoms with Crippen molar-refractivity contribution >= 4 is 17.4 Å². The van der Waals surface area contributed by atoms with Gasteiger partial charge in [-0.05, 0) is 38.1 Å². The molecule has 0 radical (unpaired) electrons. The van der Waals surface area contributed by atoms with Crippen LogP contribution in [0.15, 0.2) is 28.9 Å². The first kappa shape index (κ1) is 15.5. The highest BCUT2D eigenvalue weighted by molar-refractivity contribution is 6.01. The minimum absolute atomic E-state index is 0.219. The Kier molecular flexibility index (Phi) is 4.57. The molecule has 23 heavy (non-hydrogen) atoms. The summed E-state index contributed by atoms with van der Waals surface area (Å²) in [5, 5.41) is 6.02. The minimum Gasteiger partial charge on any atom is -0.435 e. The fourth-order valence-corrected chi connectivity index (χ4v) is 2.55. The summed E-state index contributed by atoms with van der Waals surface area (Å²) >= 11 is 0. The van der Waals surface area contributed by atoms with Crippen molar-refractivity contribution < 1.29 is 9.21 Å². The number of amides is 1. The zero-order valence-corrected chi connectivity index (χ0v) is 13.4. The molecule has 1 fully saturated rings. The number of carbonyl (C=O) groups excluding carboxylic acids is 1. The Bertz CT molecular complexity index is 659. The smallest absolute Gasteiger partial charge is 0.294 e. The van der Waals surface area contributed by atoms with E-state index in [1.165, 1.54) is 6.20 Å². The average Bonchev–Trinajstić information content (AvgIpc) is 3.06. The SMILES string of the molecule is CN(C)c1ccc(NC(=O)c2cnc(C3CCNCC3)o2)nc1. The molecule has 1 aliphatic rings. The molecule has 122 valence electrons. The molecule has 0 unspecified atom stereocenters. The van der Waals surface area contributed by atoms with Gasteiger partial charge in [0.2, 0.25) is 5.76 Å². The van der Waals surface area contributed by atoms with Crippen LogP contribution in [0.5, 0.6) is 0 Å². The van der Waals surface area contributed by atoms with E-state index in [1.807, 2.05) is 25.1 Å². The number of rotatable bonds is 4. The Labute approximate surface area is 135 Å². The van der Waals surface area contributed by atoms with Gasteiger partial charge in [0.1, 0.15) is 5.82 Å². The number of nitrogens with zero attached hydrogens (tertiary/aromatic N) is 3. The van der Waals surface area contributed by atoms with Crippen LogP contribution >= 0.6 is 0 Å². The second kappa shape index (κ2) is 6.78. The first-order valence-corrected chi connectivity index (χ1v) is 7.74. The van der Waals surface area contributed by atoms with Gasteiger partial charge in [-0.15, -0.1) is 0 Å². The maximum absolute atomic E-state index is 12.2. The quantitative estimate of drug-likeness (QED) is 0.896. The number of nitrogens with one attached hydrogen (secondary N) is 2. The number of hydrogen-bond acceptors (Lipinski definition) is 6. The molecule has 2 N–H and O–H groups in total. The van der Waals surface area contributed by atoms with Crippen LogP contribution in [-0.2, 0) is 0 Å². The lowest BCUT2D eigenvalue weighted by Gasteiger charge is -2.19. The third kappa shape index (κ3) is 3.68. The van der Waals surface area contributed by atoms with Crippen molar-refractivity contribution in [2.24, 2.45) is 0 Å². The van der Waals surface area contributed by atoms with Gasteiger partial charge in [-0.25, -0.2) is 9.97 Å². The maximum Gasteiger partial charge on any atom is 0.294 e. The fourth-order valence-electron chi connectivity index (χ4n) is 2.55. The van der Waals surface area contributed by atoms with Crippen LogP contribution in [-0.4, -0.2) is 43.1 Å². The summed E-state index contributed by atoms with van der Waals surface area (Å²) in [7, 11) is 3.87. The van der Waals surface area contributed by atoms with E-state index in [0.717, 1.165) is 31.6 Å². The zero-order valence-electron chi connectivity index (χ0n) is 13.4. The van der Waals surface area contributed by atoms with Crippen LogP contribution in [0.1, 0.15) is 35.2 Å². The molecule has 2 aromatic heterocycles. The number of hydrogen-bond donors (Lipinski definition) is 2. The summed E-state index contributed by atoms with van der Waals surface area (Å²) in [6.45, 7) is 1.91. The van der Waals surface area contributed by atoms with Crippen molar-refractivity contribution in [3.63, 3.8) is 0 Å². The lowest BCUT2D eigenvalue weighted by atomic mass is 9.98. The van der Waals surface area contributed by atoms with E-state index < -0.39 is 0 Å². The number of aromatic nitrogens is 2. The monoisotopic (exact) mass is 315 g/mol. The van der Waals surface area contributed by atoms with Gasteiger partial charge >= 0.3 is 0 Å². The molecule has 1 aliphatic heterocycles. The molecule has 7 heteroatoms. The first-order chi connectivity index (χ1) is 11.1. The third-order valence-electron chi connectivity index (χ3n) is 3.94. The van der Waals surface area contributed by atoms with Crippen LogP contribution in [0.25, 0.3) is 0 Å². The van der Waals surface area contributed by atoms with Gasteiger partial charge < -0.3 is 20.0 Å². The molecule has 7 nitrogen and oxygen atoms in total. The summed E-state index contributed by atoms with van der Waals surface area (Å²) in [5.74, 6) is 1.31. The zero-order chi connectivity index (χ0) is 16.2. The van der Waals surface area contributed by atoms with E-state index in [0.29, 0.717) is 11.7 Å². The summed E-state index contributed by atoms with van der Waals surface area (Å²) in [6.07, 6.45) is 5.15. The van der Waals surface area contributed by atoms with Gasteiger partial charge in [-0.3, -0.25) is 4.79 Å². The van der Waals surface area contributed by atoms with E-state index in [9.17, 15) is 4.79 Å². The normalized spacial score (nSPS) is 15.4. The molecule has 1 saturated heterocycles. The molecule has 1 amide bonds. The van der Waals surface area contributed by atoms with Crippen molar-refractivity contribution in [1.82, 2.24) is 15.3 Å². The standard InChI is InChI=1S/C16H21N5O2/c1-21(2)12-3-4-14(18-9-12)20-15(22)13-10-19-16(23-13)11-5-7-17-8-6-11/h3-4,9-11,17H,5-8H2,1-2H3,(H,18,20,22). The van der Waals surface area contributed by atoms with E-state index in [4.69, 9.17) is 4.42 Å². The van der Waals surface area contributed by atoms with E-state index in [-0.39, 0.29) is 17.6 Å². The van der Waals surface area contributed by atoms with Crippen molar-refractivity contribution in [3.05, 3.63) is 36.2 Å². The second-order valence-corrected chi connectivity index (χ2v) is 5.84. The summed E-state index contributed by atoms with van der Waals surface area (Å²) < 4.78 is 5.63. The second-order valence-electron chi connectivity index (χ2n) is 5.84. The largest absolute Gasteiger partial charge is 0.435 e. The molecule has 0 atom stereocenters. The predicted octanol–water partition coefficient (Wildman–Crippen LogP) is 1.85. The Morgan fingerprint density at radius 1 is 1.26 bits per heavy atom. The summed E-state index contributed by atoms with van der Waals surface area (Å²) in [4.78, 5) is 22.6. The molecular formula is C16H21N5O2. The molecule has 3 rings (SSSR count). The van der Waals surface area contributed by atoms with Crippen molar-refractivity contribution in [2.75, 3.05) is 37.4 Å². The van der Waals surface area contributed by atoms with E-state index in [2.05, 4.69) is 20.6 Å². The Morgan fingerprint density at radius 2 is 2.04 bits per heavy atom. The summed E-state index contributed by atoms with van der Waals surface area (Å²) in [6, 6.07) is 3.65. The van der Waals surface area contributed by atoms with Crippen LogP contribution in [0, 0.1) is 0 Å². The van der Waals surface area contributed by atoms with Crippen LogP contribution < -0.4 is 15.5 Å². The highest BCUT2D eigenvalue weighted by Gasteiger charge is 2.22. The van der Waals surface area contributed by atoms with Gasteiger partial charge in [-0.2, -0.15) is 0 Å². The van der Waals surface area contributed by atoms with Gasteiger partial charge in [0.05, 0.1) is 18.1 Å². The Balaban J connectivity index is 1.65. The lowest BCUT2D eigenvalue weighted by Crippen LogP contribution is -2.26. The topological polar surface area (TPSA) is 83.3 Å². The average molecular weight is 315 g/mol. The minimum atomic E-state index is -0.331. The molecule has 0 saturated carbocycles. The Hall–Kier alpha value is -2.41. The molecule has 3 heterocycles. The number of piperidine rings is 1. The summed E-state index contributed by atoms with van der Waals surface area (Å²) in [5.41, 5.74) is 0.968. The van der Waals surface area contributed by atoms with Crippen LogP contribution in [0.3, 0.4) is 0 Å². The van der Waals surface area contributed by atoms with E-state index in [1.54, 1.807) is 12.3 Å². The van der Waals surface area contributed by atoms with Gasteiger partial charge in [-0.1, -0.05) is 0 Å². The van der Waals surface area contributed by atoms with Crippen molar-refractivity contribution in [3.8, 4) is 0 Å². The van der Waals surface area contributed by atoms with E-state index >= 15 is 0 Å². The fraction of sp³-hybridized carbons (Fsp3) is 0.438. The maximum atomic E-state index is 12.2. The van der Waals surface area contributed by atoms with Gasteiger partial charge in [0.25, 0.3) is 5.91 Å². The van der Waals surface area contributed by atoms with Gasteiger partial charge in [0, 0.05) is 20.0 Å². The molecular weight excluding hydrogens is 294 g/mol. The third-order valence-corrected chi connectivity index (χ3v) is 3.94. The molecule has 0 aromatic carbocycles. The Morgan fingerprint density at radius 3 is 2.70 bits per heavy atom. The highest BCUT2D eigenvalue weighted by Crippen LogP contribution is 2.25. The number of carbonyl (C=O) groups is 1.